The number of phenolic OH excluding ortho intramolecular Hbond substituents is 1. The number of nitrogens with one attached hydrogen (secondary N) is 2. The van der Waals surface area contributed by atoms with Crippen LogP contribution in [0.2, 0.25) is 0 Å². The first-order chi connectivity index (χ1) is 14.2. The number of nitrogens with zero attached hydrogens (tertiary/aromatic N) is 1. The standard InChI is InChI=1S/C24H41N3OS/c1-2-3-4-5-6-7-8-9-10-11-12-13-14-17-20-25-24(29)27-26-21-22-18-15-16-19-23(22)28/h15-16,18-19,21,28H,2-14,17,20H2,1H3,(H2,25,27,29)/b26-21+. The van der Waals surface area contributed by atoms with Crippen molar-refractivity contribution in [3.63, 3.8) is 0 Å². The number of hydrogen-bond donors (Lipinski definition) is 3. The maximum Gasteiger partial charge on any atom is 0.186 e. The number of benzene rings is 1. The molecule has 0 radical (unpaired) electrons. The maximum absolute atomic E-state index is 9.66. The van der Waals surface area contributed by atoms with Gasteiger partial charge in [-0.1, -0.05) is 103 Å². The van der Waals surface area contributed by atoms with Crippen LogP contribution in [0.15, 0.2) is 29.4 Å². The number of hydrogen-bond acceptors (Lipinski definition) is 3. The van der Waals surface area contributed by atoms with Gasteiger partial charge in [0.2, 0.25) is 0 Å². The molecule has 29 heavy (non-hydrogen) atoms. The van der Waals surface area contributed by atoms with Crippen LogP contribution >= 0.6 is 12.2 Å². The molecule has 0 heterocycles. The van der Waals surface area contributed by atoms with Crippen molar-refractivity contribution in [1.29, 1.82) is 0 Å². The lowest BCUT2D eigenvalue weighted by Gasteiger charge is -2.07. The summed E-state index contributed by atoms with van der Waals surface area (Å²) in [4.78, 5) is 0. The number of aromatic hydroxyl groups is 1. The quantitative estimate of drug-likeness (QED) is 0.114. The second-order valence-corrected chi connectivity index (χ2v) is 8.19. The second-order valence-electron chi connectivity index (χ2n) is 7.78. The van der Waals surface area contributed by atoms with E-state index in [1.54, 1.807) is 24.4 Å². The normalized spacial score (nSPS) is 11.1. The van der Waals surface area contributed by atoms with Crippen LogP contribution in [-0.4, -0.2) is 23.0 Å². The van der Waals surface area contributed by atoms with Crippen molar-refractivity contribution in [2.24, 2.45) is 5.10 Å². The lowest BCUT2D eigenvalue weighted by Crippen LogP contribution is -2.32. The first kappa shape index (κ1) is 25.4. The third-order valence-corrected chi connectivity index (χ3v) is 5.36. The van der Waals surface area contributed by atoms with Crippen LogP contribution in [0.25, 0.3) is 0 Å². The van der Waals surface area contributed by atoms with E-state index in [4.69, 9.17) is 12.2 Å². The monoisotopic (exact) mass is 419 g/mol. The zero-order valence-corrected chi connectivity index (χ0v) is 19.1. The third-order valence-electron chi connectivity index (χ3n) is 5.12. The van der Waals surface area contributed by atoms with E-state index in [0.717, 1.165) is 13.0 Å². The topological polar surface area (TPSA) is 56.7 Å². The zero-order chi connectivity index (χ0) is 21.0. The molecule has 5 heteroatoms. The van der Waals surface area contributed by atoms with Crippen LogP contribution < -0.4 is 10.7 Å². The highest BCUT2D eigenvalue weighted by Crippen LogP contribution is 2.13. The summed E-state index contributed by atoms with van der Waals surface area (Å²) >= 11 is 5.20. The average Bonchev–Trinajstić information content (AvgIpc) is 2.72. The van der Waals surface area contributed by atoms with Crippen LogP contribution in [0.5, 0.6) is 5.75 Å². The molecule has 0 saturated carbocycles. The predicted molar refractivity (Wildman–Crippen MR) is 130 cm³/mol. The summed E-state index contributed by atoms with van der Waals surface area (Å²) in [6.07, 6.45) is 20.7. The van der Waals surface area contributed by atoms with E-state index in [-0.39, 0.29) is 5.75 Å². The van der Waals surface area contributed by atoms with Crippen LogP contribution in [0, 0.1) is 0 Å². The van der Waals surface area contributed by atoms with E-state index in [0.29, 0.717) is 10.7 Å². The van der Waals surface area contributed by atoms with Gasteiger partial charge in [0.25, 0.3) is 0 Å². The van der Waals surface area contributed by atoms with Gasteiger partial charge in [0.05, 0.1) is 6.21 Å². The highest BCUT2D eigenvalue weighted by Gasteiger charge is 1.97. The molecule has 1 aromatic rings. The Morgan fingerprint density at radius 3 is 1.93 bits per heavy atom. The fraction of sp³-hybridized carbons (Fsp3) is 0.667. The molecular formula is C24H41N3OS. The molecule has 1 aromatic carbocycles. The molecule has 0 aliphatic rings. The Morgan fingerprint density at radius 1 is 0.862 bits per heavy atom. The van der Waals surface area contributed by atoms with E-state index in [1.165, 1.54) is 83.5 Å². The van der Waals surface area contributed by atoms with Crippen molar-refractivity contribution >= 4 is 23.5 Å². The average molecular weight is 420 g/mol. The minimum absolute atomic E-state index is 0.208. The van der Waals surface area contributed by atoms with E-state index < -0.39 is 0 Å². The van der Waals surface area contributed by atoms with Gasteiger partial charge in [-0.3, -0.25) is 5.43 Å². The predicted octanol–water partition coefficient (Wildman–Crippen LogP) is 6.67. The Bertz CT molecular complexity index is 563. The Hall–Kier alpha value is -1.62. The van der Waals surface area contributed by atoms with Crippen LogP contribution in [0.1, 0.15) is 102 Å². The molecule has 0 unspecified atom stereocenters. The second kappa shape index (κ2) is 18.4. The van der Waals surface area contributed by atoms with E-state index in [2.05, 4.69) is 22.8 Å². The summed E-state index contributed by atoms with van der Waals surface area (Å²) < 4.78 is 0. The zero-order valence-electron chi connectivity index (χ0n) is 18.3. The van der Waals surface area contributed by atoms with Gasteiger partial charge in [-0.15, -0.1) is 0 Å². The van der Waals surface area contributed by atoms with Gasteiger partial charge in [-0.05, 0) is 30.8 Å². The SMILES string of the molecule is CCCCCCCCCCCCCCCCNC(=S)N/N=C/c1ccccc1O. The van der Waals surface area contributed by atoms with E-state index in [1.807, 2.05) is 6.07 Å². The molecule has 0 amide bonds. The van der Waals surface area contributed by atoms with Gasteiger partial charge in [0, 0.05) is 12.1 Å². The molecule has 0 aliphatic carbocycles. The molecule has 0 atom stereocenters. The van der Waals surface area contributed by atoms with Gasteiger partial charge in [-0.25, -0.2) is 0 Å². The molecule has 0 fully saturated rings. The molecule has 164 valence electrons. The molecule has 0 aromatic heterocycles. The summed E-state index contributed by atoms with van der Waals surface area (Å²) in [5.41, 5.74) is 3.45. The minimum Gasteiger partial charge on any atom is -0.507 e. The number of thiocarbonyl (C=S) groups is 1. The highest BCUT2D eigenvalue weighted by molar-refractivity contribution is 7.80. The lowest BCUT2D eigenvalue weighted by molar-refractivity contribution is 0.474. The van der Waals surface area contributed by atoms with Crippen molar-refractivity contribution < 1.29 is 5.11 Å². The lowest BCUT2D eigenvalue weighted by atomic mass is 10.0. The molecule has 1 rings (SSSR count). The number of rotatable bonds is 17. The minimum atomic E-state index is 0.208. The Kier molecular flexibility index (Phi) is 16.1. The fourth-order valence-electron chi connectivity index (χ4n) is 3.32. The summed E-state index contributed by atoms with van der Waals surface area (Å²) in [6, 6.07) is 7.06. The summed E-state index contributed by atoms with van der Waals surface area (Å²) in [5.74, 6) is 0.208. The summed E-state index contributed by atoms with van der Waals surface area (Å²) in [5, 5.41) is 17.4. The molecule has 0 aliphatic heterocycles. The van der Waals surface area contributed by atoms with Crippen LogP contribution in [0.3, 0.4) is 0 Å². The Balaban J connectivity index is 1.85. The van der Waals surface area contributed by atoms with Gasteiger partial charge < -0.3 is 10.4 Å². The van der Waals surface area contributed by atoms with E-state index in [9.17, 15) is 5.11 Å². The van der Waals surface area contributed by atoms with Crippen LogP contribution in [-0.2, 0) is 0 Å². The fourth-order valence-corrected chi connectivity index (χ4v) is 3.47. The molecule has 0 saturated heterocycles. The van der Waals surface area contributed by atoms with Crippen molar-refractivity contribution in [2.75, 3.05) is 6.54 Å². The first-order valence-electron chi connectivity index (χ1n) is 11.6. The van der Waals surface area contributed by atoms with Gasteiger partial charge >= 0.3 is 0 Å². The number of phenols is 1. The molecular weight excluding hydrogens is 378 g/mol. The summed E-state index contributed by atoms with van der Waals surface area (Å²) in [6.45, 7) is 3.15. The number of para-hydroxylation sites is 1. The molecule has 0 spiro atoms. The summed E-state index contributed by atoms with van der Waals surface area (Å²) in [7, 11) is 0. The van der Waals surface area contributed by atoms with Crippen molar-refractivity contribution in [3.05, 3.63) is 29.8 Å². The van der Waals surface area contributed by atoms with Crippen LogP contribution in [0.4, 0.5) is 0 Å². The molecule has 3 N–H and O–H groups in total. The highest BCUT2D eigenvalue weighted by atomic mass is 32.1. The number of unbranched alkanes of at least 4 members (excludes halogenated alkanes) is 13. The third kappa shape index (κ3) is 15.0. The van der Waals surface area contributed by atoms with Crippen molar-refractivity contribution in [2.45, 2.75) is 96.8 Å². The van der Waals surface area contributed by atoms with Crippen molar-refractivity contribution in [1.82, 2.24) is 10.7 Å². The molecule has 0 bridgehead atoms. The molecule has 4 nitrogen and oxygen atoms in total. The van der Waals surface area contributed by atoms with Gasteiger partial charge in [0.15, 0.2) is 5.11 Å². The Morgan fingerprint density at radius 2 is 1.38 bits per heavy atom. The largest absolute Gasteiger partial charge is 0.507 e. The van der Waals surface area contributed by atoms with Gasteiger partial charge in [0.1, 0.15) is 5.75 Å². The first-order valence-corrected chi connectivity index (χ1v) is 12.0. The Labute approximate surface area is 183 Å². The maximum atomic E-state index is 9.66. The van der Waals surface area contributed by atoms with E-state index >= 15 is 0 Å². The van der Waals surface area contributed by atoms with Crippen molar-refractivity contribution in [3.8, 4) is 5.75 Å². The van der Waals surface area contributed by atoms with Gasteiger partial charge in [-0.2, -0.15) is 5.10 Å². The smallest absolute Gasteiger partial charge is 0.186 e. The number of hydrazone groups is 1.